The van der Waals surface area contributed by atoms with Crippen molar-refractivity contribution in [3.63, 3.8) is 0 Å². The van der Waals surface area contributed by atoms with E-state index in [9.17, 15) is 17.6 Å². The Morgan fingerprint density at radius 2 is 2.08 bits per heavy atom. The van der Waals surface area contributed by atoms with Gasteiger partial charge in [0.2, 0.25) is 10.0 Å². The molecular formula is C15H20FN3O4S2. The summed E-state index contributed by atoms with van der Waals surface area (Å²) in [5.74, 6) is 1.55. The first-order chi connectivity index (χ1) is 11.8. The monoisotopic (exact) mass is 389 g/mol. The summed E-state index contributed by atoms with van der Waals surface area (Å²) in [6, 6.07) is 4.69. The van der Waals surface area contributed by atoms with E-state index in [4.69, 9.17) is 4.74 Å². The van der Waals surface area contributed by atoms with Crippen molar-refractivity contribution < 1.29 is 22.3 Å². The number of hydrogen-bond acceptors (Lipinski definition) is 6. The number of cyclic esters (lactones) is 1. The van der Waals surface area contributed by atoms with Gasteiger partial charge in [-0.1, -0.05) is 0 Å². The van der Waals surface area contributed by atoms with Gasteiger partial charge in [0.1, 0.15) is 11.9 Å². The number of rotatable bonds is 5. The number of anilines is 2. The van der Waals surface area contributed by atoms with Crippen LogP contribution in [0.25, 0.3) is 0 Å². The summed E-state index contributed by atoms with van der Waals surface area (Å²) in [4.78, 5) is 15.3. The van der Waals surface area contributed by atoms with Gasteiger partial charge in [0.15, 0.2) is 0 Å². The average molecular weight is 389 g/mol. The Balaban J connectivity index is 1.69. The SMILES string of the molecule is CS(=O)(=O)NCC1CN(c2ccc(N3CCSCC3)c(F)c2)C(=O)O1. The third kappa shape index (κ3) is 4.56. The highest BCUT2D eigenvalue weighted by Gasteiger charge is 2.33. The predicted octanol–water partition coefficient (Wildman–Crippen LogP) is 1.25. The minimum atomic E-state index is -3.36. The number of nitrogens with zero attached hydrogens (tertiary/aromatic N) is 2. The maximum Gasteiger partial charge on any atom is 0.414 e. The molecule has 2 heterocycles. The summed E-state index contributed by atoms with van der Waals surface area (Å²) in [5.41, 5.74) is 0.936. The molecular weight excluding hydrogens is 369 g/mol. The third-order valence-electron chi connectivity index (χ3n) is 4.04. The van der Waals surface area contributed by atoms with E-state index >= 15 is 0 Å². The van der Waals surface area contributed by atoms with Gasteiger partial charge in [-0.2, -0.15) is 11.8 Å². The van der Waals surface area contributed by atoms with Crippen LogP contribution in [0.1, 0.15) is 0 Å². The number of nitrogens with one attached hydrogen (secondary N) is 1. The second kappa shape index (κ2) is 7.38. The van der Waals surface area contributed by atoms with Gasteiger partial charge in [-0.05, 0) is 18.2 Å². The van der Waals surface area contributed by atoms with Gasteiger partial charge in [0, 0.05) is 31.1 Å². The van der Waals surface area contributed by atoms with Crippen LogP contribution in [0.2, 0.25) is 0 Å². The molecule has 0 bridgehead atoms. The van der Waals surface area contributed by atoms with Gasteiger partial charge in [-0.25, -0.2) is 22.3 Å². The van der Waals surface area contributed by atoms with Crippen molar-refractivity contribution >= 4 is 39.3 Å². The van der Waals surface area contributed by atoms with E-state index in [1.54, 1.807) is 12.1 Å². The highest BCUT2D eigenvalue weighted by Crippen LogP contribution is 2.29. The zero-order valence-electron chi connectivity index (χ0n) is 13.8. The Labute approximate surface area is 150 Å². The number of carbonyl (C=O) groups is 1. The fraction of sp³-hybridized carbons (Fsp3) is 0.533. The topological polar surface area (TPSA) is 79.0 Å². The average Bonchev–Trinajstić information content (AvgIpc) is 2.94. The molecule has 3 rings (SSSR count). The summed E-state index contributed by atoms with van der Waals surface area (Å²) in [5, 5.41) is 0. The Bertz CT molecular complexity index is 753. The molecule has 1 atom stereocenters. The standard InChI is InChI=1S/C15H20FN3O4S2/c1-25(21,22)17-9-12-10-19(15(20)23-12)11-2-3-14(13(16)8-11)18-4-6-24-7-5-18/h2-3,8,12,17H,4-7,9-10H2,1H3. The van der Waals surface area contributed by atoms with Crippen LogP contribution in [-0.2, 0) is 14.8 Å². The van der Waals surface area contributed by atoms with Crippen LogP contribution in [0.5, 0.6) is 0 Å². The molecule has 2 aliphatic rings. The normalized spacial score (nSPS) is 21.5. The molecule has 138 valence electrons. The van der Waals surface area contributed by atoms with Crippen LogP contribution in [0.15, 0.2) is 18.2 Å². The molecule has 7 nitrogen and oxygen atoms in total. The first-order valence-corrected chi connectivity index (χ1v) is 10.9. The van der Waals surface area contributed by atoms with Crippen LogP contribution in [0.3, 0.4) is 0 Å². The maximum absolute atomic E-state index is 14.5. The maximum atomic E-state index is 14.5. The van der Waals surface area contributed by atoms with Crippen molar-refractivity contribution in [3.05, 3.63) is 24.0 Å². The molecule has 1 N–H and O–H groups in total. The Kier molecular flexibility index (Phi) is 5.40. The van der Waals surface area contributed by atoms with Crippen LogP contribution in [0.4, 0.5) is 20.6 Å². The molecule has 0 aliphatic carbocycles. The molecule has 2 fully saturated rings. The molecule has 2 aliphatic heterocycles. The summed E-state index contributed by atoms with van der Waals surface area (Å²) in [7, 11) is -3.36. The van der Waals surface area contributed by atoms with E-state index in [1.807, 2.05) is 16.7 Å². The number of sulfonamides is 1. The molecule has 0 aromatic heterocycles. The third-order valence-corrected chi connectivity index (χ3v) is 5.68. The number of ether oxygens (including phenoxy) is 1. The lowest BCUT2D eigenvalue weighted by molar-refractivity contribution is 0.143. The summed E-state index contributed by atoms with van der Waals surface area (Å²) in [6.07, 6.45) is -0.180. The largest absolute Gasteiger partial charge is 0.443 e. The van der Waals surface area contributed by atoms with Gasteiger partial charge in [-0.15, -0.1) is 0 Å². The molecule has 0 radical (unpaired) electrons. The smallest absolute Gasteiger partial charge is 0.414 e. The molecule has 0 spiro atoms. The second-order valence-corrected chi connectivity index (χ2v) is 9.03. The highest BCUT2D eigenvalue weighted by atomic mass is 32.2. The lowest BCUT2D eigenvalue weighted by Gasteiger charge is -2.29. The quantitative estimate of drug-likeness (QED) is 0.817. The molecule has 25 heavy (non-hydrogen) atoms. The first-order valence-electron chi connectivity index (χ1n) is 7.88. The fourth-order valence-corrected chi connectivity index (χ4v) is 4.20. The zero-order valence-corrected chi connectivity index (χ0v) is 15.4. The number of halogens is 1. The predicted molar refractivity (Wildman–Crippen MR) is 96.4 cm³/mol. The second-order valence-electron chi connectivity index (χ2n) is 5.97. The number of hydrogen-bond donors (Lipinski definition) is 1. The first kappa shape index (κ1) is 18.3. The fourth-order valence-electron chi connectivity index (χ4n) is 2.81. The van der Waals surface area contributed by atoms with Crippen molar-refractivity contribution in [2.45, 2.75) is 6.10 Å². The van der Waals surface area contributed by atoms with E-state index in [-0.39, 0.29) is 18.9 Å². The van der Waals surface area contributed by atoms with Crippen LogP contribution in [-0.4, -0.2) is 64.6 Å². The van der Waals surface area contributed by atoms with Crippen molar-refractivity contribution in [1.82, 2.24) is 4.72 Å². The molecule has 1 aromatic rings. The number of thioether (sulfide) groups is 1. The molecule has 2 saturated heterocycles. The van der Waals surface area contributed by atoms with Crippen molar-refractivity contribution in [3.8, 4) is 0 Å². The van der Waals surface area contributed by atoms with E-state index in [1.165, 1.54) is 11.0 Å². The van der Waals surface area contributed by atoms with Gasteiger partial charge >= 0.3 is 6.09 Å². The molecule has 10 heteroatoms. The highest BCUT2D eigenvalue weighted by molar-refractivity contribution is 7.99. The van der Waals surface area contributed by atoms with Crippen molar-refractivity contribution in [2.75, 3.05) is 53.7 Å². The zero-order chi connectivity index (χ0) is 18.0. The molecule has 1 aromatic carbocycles. The Morgan fingerprint density at radius 3 is 2.72 bits per heavy atom. The number of carbonyl (C=O) groups excluding carboxylic acids is 1. The van der Waals surface area contributed by atoms with E-state index < -0.39 is 22.2 Å². The van der Waals surface area contributed by atoms with Gasteiger partial charge in [0.05, 0.1) is 24.2 Å². The lowest BCUT2D eigenvalue weighted by atomic mass is 10.2. The molecule has 1 unspecified atom stereocenters. The lowest BCUT2D eigenvalue weighted by Crippen LogP contribution is -2.34. The number of amides is 1. The van der Waals surface area contributed by atoms with Crippen LogP contribution in [0, 0.1) is 5.82 Å². The Morgan fingerprint density at radius 1 is 1.36 bits per heavy atom. The van der Waals surface area contributed by atoms with Crippen LogP contribution < -0.4 is 14.5 Å². The molecule has 0 saturated carbocycles. The minimum Gasteiger partial charge on any atom is -0.443 e. The minimum absolute atomic E-state index is 0.00686. The van der Waals surface area contributed by atoms with Crippen molar-refractivity contribution in [1.29, 1.82) is 0 Å². The Hall–Kier alpha value is -1.52. The van der Waals surface area contributed by atoms with Crippen LogP contribution >= 0.6 is 11.8 Å². The van der Waals surface area contributed by atoms with Gasteiger partial charge in [-0.3, -0.25) is 4.90 Å². The van der Waals surface area contributed by atoms with E-state index in [0.717, 1.165) is 30.9 Å². The summed E-state index contributed by atoms with van der Waals surface area (Å²) >= 11 is 1.85. The number of benzene rings is 1. The summed E-state index contributed by atoms with van der Waals surface area (Å²) in [6.45, 7) is 1.76. The van der Waals surface area contributed by atoms with Crippen molar-refractivity contribution in [2.24, 2.45) is 0 Å². The van der Waals surface area contributed by atoms with E-state index in [0.29, 0.717) is 11.4 Å². The summed E-state index contributed by atoms with van der Waals surface area (Å²) < 4.78 is 44.2. The van der Waals surface area contributed by atoms with Gasteiger partial charge in [0.25, 0.3) is 0 Å². The van der Waals surface area contributed by atoms with Gasteiger partial charge < -0.3 is 9.64 Å². The molecule has 1 amide bonds. The van der Waals surface area contributed by atoms with E-state index in [2.05, 4.69) is 4.72 Å².